The van der Waals surface area contributed by atoms with E-state index in [4.69, 9.17) is 0 Å². The van der Waals surface area contributed by atoms with Crippen LogP contribution in [0.1, 0.15) is 26.4 Å². The normalized spacial score (nSPS) is 11.5. The molecule has 382 valence electrons. The van der Waals surface area contributed by atoms with Crippen molar-refractivity contribution >= 4 is 63.1 Å². The Balaban J connectivity index is 0.000000237. The van der Waals surface area contributed by atoms with E-state index in [2.05, 4.69) is 12.6 Å². The molecule has 8 aromatic rings. The summed E-state index contributed by atoms with van der Waals surface area (Å²) in [4.78, 5) is 26.5. The molecule has 0 aliphatic carbocycles. The number of rotatable bonds is 10. The molecule has 0 saturated carbocycles. The van der Waals surface area contributed by atoms with Gasteiger partial charge in [-0.25, -0.2) is 87.8 Å². The van der Waals surface area contributed by atoms with Crippen LogP contribution in [0.4, 0.5) is 87.8 Å². The topological polar surface area (TPSA) is 38.0 Å². The highest BCUT2D eigenvalue weighted by Crippen LogP contribution is 2.31. The zero-order valence-electron chi connectivity index (χ0n) is 35.9. The van der Waals surface area contributed by atoms with Crippen molar-refractivity contribution in [3.05, 3.63) is 224 Å². The van der Waals surface area contributed by atoms with Gasteiger partial charge >= 0.3 is 0 Å². The highest BCUT2D eigenvalue weighted by Gasteiger charge is 2.52. The first-order valence-electron chi connectivity index (χ1n) is 20.4. The first kappa shape index (κ1) is 54.1. The first-order chi connectivity index (χ1) is 34.8. The Morgan fingerprint density at radius 1 is 0.365 bits per heavy atom. The summed E-state index contributed by atoms with van der Waals surface area (Å²) < 4.78 is 296. The zero-order valence-corrected chi connectivity index (χ0v) is 36.8. The predicted octanol–water partition coefficient (Wildman–Crippen LogP) is 10.6. The molecule has 0 saturated heterocycles. The van der Waals surface area contributed by atoms with E-state index in [0.29, 0.717) is 16.0 Å². The Bertz CT molecular complexity index is 3260. The maximum atomic E-state index is 15.4. The minimum Gasteiger partial charge on any atom is -0.294 e. The number of Topliss-reactive ketones (excluding diaryl/α,β-unsaturated/α-hetero) is 2. The molecule has 0 bridgehead atoms. The van der Waals surface area contributed by atoms with E-state index in [-0.39, 0.29) is 24.5 Å². The van der Waals surface area contributed by atoms with E-state index in [9.17, 15) is 62.3 Å². The fraction of sp³-hybridized carbons (Fsp3) is 0.0408. The van der Waals surface area contributed by atoms with Crippen LogP contribution in [0.15, 0.2) is 95.9 Å². The third-order valence-corrected chi connectivity index (χ3v) is 12.1. The van der Waals surface area contributed by atoms with Crippen LogP contribution in [-0.2, 0) is 13.0 Å². The Labute approximate surface area is 406 Å². The van der Waals surface area contributed by atoms with Gasteiger partial charge in [0.25, 0.3) is 0 Å². The number of hydrogen-bond acceptors (Lipinski definition) is 3. The maximum Gasteiger partial charge on any atom is 0.227 e. The summed E-state index contributed by atoms with van der Waals surface area (Å²) in [7, 11) is 0. The minimum absolute atomic E-state index is 0.00949. The maximum absolute atomic E-state index is 15.4. The van der Waals surface area contributed by atoms with Crippen molar-refractivity contribution in [2.75, 3.05) is 0 Å². The summed E-state index contributed by atoms with van der Waals surface area (Å²) in [5.41, 5.74) is -11.4. The van der Waals surface area contributed by atoms with Gasteiger partial charge in [-0.15, -0.1) is 34.5 Å². The molecule has 8 rings (SSSR count). The Morgan fingerprint density at radius 3 is 1.07 bits per heavy atom. The monoisotopic (exact) mass is 1080 g/mol. The number of para-hydroxylation sites is 1. The van der Waals surface area contributed by atoms with Crippen LogP contribution in [0.2, 0.25) is 0 Å². The van der Waals surface area contributed by atoms with Gasteiger partial charge in [-0.2, -0.15) is 4.57 Å². The number of fused-ring (bicyclic) bond motifs is 1. The average Bonchev–Trinajstić information content (AvgIpc) is 3.39. The van der Waals surface area contributed by atoms with E-state index in [0.717, 1.165) is 16.6 Å². The fourth-order valence-electron chi connectivity index (χ4n) is 8.35. The highest BCUT2D eigenvalue weighted by atomic mass is 32.1. The van der Waals surface area contributed by atoms with Crippen molar-refractivity contribution in [3.63, 3.8) is 0 Å². The van der Waals surface area contributed by atoms with E-state index >= 15 is 35.1 Å². The van der Waals surface area contributed by atoms with Gasteiger partial charge in [0.1, 0.15) is 52.7 Å². The number of nitrogens with zero attached hydrogens (tertiary/aromatic N) is 1. The lowest BCUT2D eigenvalue weighted by Gasteiger charge is -2.44. The Kier molecular flexibility index (Phi) is 15.1. The molecule has 0 aliphatic rings. The molecule has 1 aromatic heterocycles. The molecule has 74 heavy (non-hydrogen) atoms. The molecule has 0 atom stereocenters. The zero-order chi connectivity index (χ0) is 54.6. The van der Waals surface area contributed by atoms with Gasteiger partial charge in [0.15, 0.2) is 81.3 Å². The molecular formula is C49H20BF20NO2S. The molecule has 0 fully saturated rings. The van der Waals surface area contributed by atoms with E-state index in [1.165, 1.54) is 0 Å². The Morgan fingerprint density at radius 2 is 0.689 bits per heavy atom. The molecule has 0 aliphatic heterocycles. The van der Waals surface area contributed by atoms with Gasteiger partial charge in [-0.05, 0) is 18.2 Å². The van der Waals surface area contributed by atoms with Crippen LogP contribution in [0.5, 0.6) is 0 Å². The standard InChI is InChI=1S/C25H19NO2S.C24BF20/c27-23(21-11-5-7-13-25(21)29)16-20-15-14-18-8-4-6-12-22(18)26(20)17-24(28)19-9-2-1-3-10-19;26-5-1(6(27)14(35)21(42)13(5)34)25(2-7(28)15(36)22(43)16(37)8(2)29,3-9(30)17(38)23(44)18(39)10(3)31)4-11(32)19(40)24(45)20(41)12(4)33/h1-15H,16-17H2;/q;-1/p+1. The number of benzene rings is 7. The smallest absolute Gasteiger partial charge is 0.227 e. The van der Waals surface area contributed by atoms with Gasteiger partial charge in [0, 0.05) is 33.5 Å². The molecular weight excluding hydrogens is 1060 g/mol. The molecule has 25 heteroatoms. The summed E-state index contributed by atoms with van der Waals surface area (Å²) in [6.45, 7) is 0.177. The molecule has 0 amide bonds. The van der Waals surface area contributed by atoms with Gasteiger partial charge in [-0.1, -0.05) is 60.7 Å². The second kappa shape index (κ2) is 20.7. The number of thiol groups is 1. The molecule has 0 N–H and O–H groups in total. The van der Waals surface area contributed by atoms with Crippen molar-refractivity contribution in [2.45, 2.75) is 17.9 Å². The average molecular weight is 1080 g/mol. The largest absolute Gasteiger partial charge is 0.294 e. The lowest BCUT2D eigenvalue weighted by atomic mass is 9.12. The number of aromatic nitrogens is 1. The van der Waals surface area contributed by atoms with Gasteiger partial charge in [0.2, 0.25) is 17.8 Å². The van der Waals surface area contributed by atoms with Gasteiger partial charge in [-0.3, -0.25) is 9.59 Å². The highest BCUT2D eigenvalue weighted by molar-refractivity contribution is 7.80. The number of halogens is 20. The van der Waals surface area contributed by atoms with Crippen LogP contribution in [0.3, 0.4) is 0 Å². The summed E-state index contributed by atoms with van der Waals surface area (Å²) in [6.07, 6.45) is -7.02. The second-order valence-electron chi connectivity index (χ2n) is 15.7. The van der Waals surface area contributed by atoms with Crippen molar-refractivity contribution in [2.24, 2.45) is 0 Å². The molecule has 7 aromatic carbocycles. The summed E-state index contributed by atoms with van der Waals surface area (Å²) >= 11 is 4.41. The predicted molar refractivity (Wildman–Crippen MR) is 226 cm³/mol. The van der Waals surface area contributed by atoms with Gasteiger partial charge < -0.3 is 0 Å². The van der Waals surface area contributed by atoms with Crippen LogP contribution in [0.25, 0.3) is 10.9 Å². The number of hydrogen-bond donors (Lipinski definition) is 1. The number of carbonyl (C=O) groups is 2. The molecule has 0 spiro atoms. The summed E-state index contributed by atoms with van der Waals surface area (Å²) in [5.74, 6) is -71.4. The van der Waals surface area contributed by atoms with Crippen molar-refractivity contribution in [3.8, 4) is 0 Å². The minimum atomic E-state index is -7.22. The molecule has 1 heterocycles. The summed E-state index contributed by atoms with van der Waals surface area (Å²) in [5, 5.41) is 1.03. The van der Waals surface area contributed by atoms with Crippen molar-refractivity contribution in [1.29, 1.82) is 0 Å². The number of carbonyl (C=O) groups excluding carboxylic acids is 2. The Hall–Kier alpha value is -7.70. The first-order valence-corrected chi connectivity index (χ1v) is 20.8. The van der Waals surface area contributed by atoms with Crippen LogP contribution in [-0.4, -0.2) is 17.7 Å². The number of pyridine rings is 1. The van der Waals surface area contributed by atoms with Crippen molar-refractivity contribution in [1.82, 2.24) is 0 Å². The molecule has 3 nitrogen and oxygen atoms in total. The lowest BCUT2D eigenvalue weighted by molar-refractivity contribution is -0.664. The fourth-order valence-corrected chi connectivity index (χ4v) is 8.63. The van der Waals surface area contributed by atoms with Crippen LogP contribution < -0.4 is 26.4 Å². The summed E-state index contributed by atoms with van der Waals surface area (Å²) in [6, 6.07) is 28.3. The molecule has 0 radical (unpaired) electrons. The number of ketones is 2. The van der Waals surface area contributed by atoms with E-state index in [1.54, 1.807) is 6.07 Å². The third-order valence-electron chi connectivity index (χ3n) is 11.7. The van der Waals surface area contributed by atoms with E-state index < -0.39 is 144 Å². The SMILES string of the molecule is Fc1c(F)c(F)c([B-](c2c(F)c(F)c(F)c(F)c2F)(c2c(F)c(F)c(F)c(F)c2F)c2c(F)c(F)c(F)c(F)c2F)c(F)c1F.O=C(C[n+]1c(CC(=O)c2ccccc2S)ccc2ccccc21)c1ccccc1. The third kappa shape index (κ3) is 8.78. The lowest BCUT2D eigenvalue weighted by Crippen LogP contribution is -2.81. The van der Waals surface area contributed by atoms with Crippen molar-refractivity contribution < 1.29 is 102 Å². The second-order valence-corrected chi connectivity index (χ2v) is 16.2. The van der Waals surface area contributed by atoms with Crippen LogP contribution >= 0.6 is 12.6 Å². The van der Waals surface area contributed by atoms with Crippen LogP contribution in [0, 0.1) is 116 Å². The van der Waals surface area contributed by atoms with Gasteiger partial charge in [0.05, 0.1) is 6.42 Å². The van der Waals surface area contributed by atoms with E-state index in [1.807, 2.05) is 89.5 Å². The quantitative estimate of drug-likeness (QED) is 0.0282. The molecule has 0 unspecified atom stereocenters.